The van der Waals surface area contributed by atoms with E-state index in [1.807, 2.05) is 0 Å². The van der Waals surface area contributed by atoms with Crippen LogP contribution in [0.4, 0.5) is 0 Å². The molecule has 2 heteroatoms. The zero-order valence-electron chi connectivity index (χ0n) is 13.1. The van der Waals surface area contributed by atoms with Crippen molar-refractivity contribution in [2.75, 3.05) is 0 Å². The van der Waals surface area contributed by atoms with E-state index in [4.69, 9.17) is 0 Å². The van der Waals surface area contributed by atoms with Gasteiger partial charge < -0.3 is 10.2 Å². The molecule has 2 nitrogen and oxygen atoms in total. The van der Waals surface area contributed by atoms with Crippen LogP contribution in [-0.2, 0) is 0 Å². The van der Waals surface area contributed by atoms with Crippen LogP contribution in [0.25, 0.3) is 0 Å². The number of allylic oxidation sites excluding steroid dienone is 1. The predicted octanol–water partition coefficient (Wildman–Crippen LogP) is 3.67. The monoisotopic (exact) mass is 278 g/mol. The van der Waals surface area contributed by atoms with Gasteiger partial charge in [-0.15, -0.1) is 0 Å². The molecule has 0 aliphatic heterocycles. The van der Waals surface area contributed by atoms with E-state index >= 15 is 0 Å². The summed E-state index contributed by atoms with van der Waals surface area (Å²) >= 11 is 0. The molecule has 0 aromatic rings. The molecule has 4 atom stereocenters. The van der Waals surface area contributed by atoms with Crippen molar-refractivity contribution in [2.24, 2.45) is 22.7 Å². The Labute approximate surface area is 123 Å². The summed E-state index contributed by atoms with van der Waals surface area (Å²) in [6, 6.07) is 0. The van der Waals surface area contributed by atoms with Crippen LogP contribution in [0, 0.1) is 22.7 Å². The first-order chi connectivity index (χ1) is 9.37. The van der Waals surface area contributed by atoms with E-state index in [2.05, 4.69) is 20.4 Å². The number of rotatable bonds is 1. The van der Waals surface area contributed by atoms with Crippen LogP contribution in [0.5, 0.6) is 0 Å². The average Bonchev–Trinajstić information content (AvgIpc) is 2.71. The number of fused-ring (bicyclic) bond motifs is 1. The molecular weight excluding hydrogens is 248 g/mol. The van der Waals surface area contributed by atoms with E-state index in [0.29, 0.717) is 11.8 Å². The molecule has 0 bridgehead atoms. The summed E-state index contributed by atoms with van der Waals surface area (Å²) in [6.07, 6.45) is 8.21. The molecule has 3 saturated carbocycles. The highest BCUT2D eigenvalue weighted by atomic mass is 16.3. The molecule has 2 unspecified atom stereocenters. The quantitative estimate of drug-likeness (QED) is 0.718. The lowest BCUT2D eigenvalue weighted by Crippen LogP contribution is -2.49. The second-order valence-electron chi connectivity index (χ2n) is 8.19. The van der Waals surface area contributed by atoms with Crippen molar-refractivity contribution in [1.29, 1.82) is 0 Å². The summed E-state index contributed by atoms with van der Waals surface area (Å²) < 4.78 is 0. The van der Waals surface area contributed by atoms with E-state index in [-0.39, 0.29) is 23.0 Å². The molecule has 2 N–H and O–H groups in total. The van der Waals surface area contributed by atoms with Crippen molar-refractivity contribution < 1.29 is 10.2 Å². The lowest BCUT2D eigenvalue weighted by molar-refractivity contribution is -0.0955. The van der Waals surface area contributed by atoms with Gasteiger partial charge in [-0.25, -0.2) is 0 Å². The molecule has 20 heavy (non-hydrogen) atoms. The molecule has 114 valence electrons. The van der Waals surface area contributed by atoms with Crippen molar-refractivity contribution in [3.05, 3.63) is 12.2 Å². The highest BCUT2D eigenvalue weighted by Gasteiger charge is 2.54. The molecule has 0 spiro atoms. The first kappa shape index (κ1) is 14.6. The molecule has 3 rings (SSSR count). The Morgan fingerprint density at radius 3 is 2.25 bits per heavy atom. The molecule has 0 aromatic heterocycles. The van der Waals surface area contributed by atoms with Crippen molar-refractivity contribution in [1.82, 2.24) is 0 Å². The molecule has 3 aliphatic carbocycles. The maximum atomic E-state index is 11.0. The van der Waals surface area contributed by atoms with Crippen molar-refractivity contribution >= 4 is 0 Å². The number of aliphatic hydroxyl groups excluding tert-OH is 2. The zero-order valence-corrected chi connectivity index (χ0v) is 13.1. The number of aliphatic hydroxyl groups is 2. The third-order valence-corrected chi connectivity index (χ3v) is 7.17. The maximum absolute atomic E-state index is 11.0. The fraction of sp³-hybridized carbons (Fsp3) is 0.889. The lowest BCUT2D eigenvalue weighted by Gasteiger charge is -2.52. The summed E-state index contributed by atoms with van der Waals surface area (Å²) in [7, 11) is 0. The van der Waals surface area contributed by atoms with Gasteiger partial charge in [-0.1, -0.05) is 26.0 Å². The van der Waals surface area contributed by atoms with E-state index in [1.54, 1.807) is 0 Å². The summed E-state index contributed by atoms with van der Waals surface area (Å²) in [5.74, 6) is 0.830. The van der Waals surface area contributed by atoms with Crippen molar-refractivity contribution in [2.45, 2.75) is 77.4 Å². The SMILES string of the molecule is C=C1CCC2[C@H](O)C([C@]3(C)CC[C@@H](O)CC3)CC[C@]12C. The Morgan fingerprint density at radius 2 is 1.60 bits per heavy atom. The molecular formula is C18H30O2. The van der Waals surface area contributed by atoms with E-state index in [9.17, 15) is 10.2 Å². The van der Waals surface area contributed by atoms with Gasteiger partial charge in [0.1, 0.15) is 0 Å². The van der Waals surface area contributed by atoms with Gasteiger partial charge in [-0.2, -0.15) is 0 Å². The minimum Gasteiger partial charge on any atom is -0.393 e. The third-order valence-electron chi connectivity index (χ3n) is 7.17. The number of hydrogen-bond acceptors (Lipinski definition) is 2. The Balaban J connectivity index is 1.78. The molecule has 3 fully saturated rings. The van der Waals surface area contributed by atoms with Gasteiger partial charge >= 0.3 is 0 Å². The highest BCUT2D eigenvalue weighted by Crippen LogP contribution is 2.60. The fourth-order valence-corrected chi connectivity index (χ4v) is 5.41. The van der Waals surface area contributed by atoms with Gasteiger partial charge in [-0.05, 0) is 74.0 Å². The Bertz CT molecular complexity index is 394. The summed E-state index contributed by atoms with van der Waals surface area (Å²) in [5.41, 5.74) is 1.77. The Hall–Kier alpha value is -0.340. The molecule has 0 amide bonds. The second kappa shape index (κ2) is 4.84. The summed E-state index contributed by atoms with van der Waals surface area (Å²) in [5, 5.41) is 20.8. The van der Waals surface area contributed by atoms with Crippen LogP contribution in [-0.4, -0.2) is 22.4 Å². The first-order valence-electron chi connectivity index (χ1n) is 8.41. The van der Waals surface area contributed by atoms with E-state index < -0.39 is 0 Å². The average molecular weight is 278 g/mol. The van der Waals surface area contributed by atoms with Gasteiger partial charge in [0, 0.05) is 0 Å². The fourth-order valence-electron chi connectivity index (χ4n) is 5.41. The highest BCUT2D eigenvalue weighted by molar-refractivity contribution is 5.20. The zero-order chi connectivity index (χ0) is 14.5. The van der Waals surface area contributed by atoms with Crippen LogP contribution in [0.3, 0.4) is 0 Å². The minimum atomic E-state index is -0.173. The summed E-state index contributed by atoms with van der Waals surface area (Å²) in [4.78, 5) is 0. The van der Waals surface area contributed by atoms with Gasteiger partial charge in [0.25, 0.3) is 0 Å². The van der Waals surface area contributed by atoms with Crippen molar-refractivity contribution in [3.8, 4) is 0 Å². The van der Waals surface area contributed by atoms with E-state index in [1.165, 1.54) is 12.0 Å². The Kier molecular flexibility index (Phi) is 3.53. The van der Waals surface area contributed by atoms with Gasteiger partial charge in [0.15, 0.2) is 0 Å². The topological polar surface area (TPSA) is 40.5 Å². The summed E-state index contributed by atoms with van der Waals surface area (Å²) in [6.45, 7) is 8.93. The molecule has 0 radical (unpaired) electrons. The van der Waals surface area contributed by atoms with Crippen LogP contribution >= 0.6 is 0 Å². The van der Waals surface area contributed by atoms with Crippen LogP contribution < -0.4 is 0 Å². The predicted molar refractivity (Wildman–Crippen MR) is 81.3 cm³/mol. The maximum Gasteiger partial charge on any atom is 0.0610 e. The van der Waals surface area contributed by atoms with Gasteiger partial charge in [-0.3, -0.25) is 0 Å². The van der Waals surface area contributed by atoms with Crippen molar-refractivity contribution in [3.63, 3.8) is 0 Å². The molecule has 0 aromatic carbocycles. The standard InChI is InChI=1S/C18H30O2/c1-12-4-5-15-16(20)14(8-11-18(12,15)3)17(2)9-6-13(19)7-10-17/h13-16,19-20H,1,4-11H2,2-3H3/t13-,14?,15?,16-,17-,18-/m1/s1. The van der Waals surface area contributed by atoms with Crippen LogP contribution in [0.15, 0.2) is 12.2 Å². The van der Waals surface area contributed by atoms with E-state index in [0.717, 1.165) is 44.9 Å². The minimum absolute atomic E-state index is 0.111. The second-order valence-corrected chi connectivity index (χ2v) is 8.19. The normalized spacial score (nSPS) is 52.9. The van der Waals surface area contributed by atoms with Crippen LogP contribution in [0.1, 0.15) is 65.2 Å². The number of hydrogen-bond donors (Lipinski definition) is 2. The third kappa shape index (κ3) is 2.07. The van der Waals surface area contributed by atoms with Crippen LogP contribution in [0.2, 0.25) is 0 Å². The first-order valence-corrected chi connectivity index (χ1v) is 8.41. The molecule has 3 aliphatic rings. The molecule has 0 saturated heterocycles. The van der Waals surface area contributed by atoms with Gasteiger partial charge in [0.05, 0.1) is 12.2 Å². The molecule has 0 heterocycles. The lowest BCUT2D eigenvalue weighted by atomic mass is 9.55. The smallest absolute Gasteiger partial charge is 0.0610 e. The Morgan fingerprint density at radius 1 is 0.950 bits per heavy atom. The largest absolute Gasteiger partial charge is 0.393 e. The van der Waals surface area contributed by atoms with Gasteiger partial charge in [0.2, 0.25) is 0 Å².